The van der Waals surface area contributed by atoms with Gasteiger partial charge in [-0.2, -0.15) is 0 Å². The van der Waals surface area contributed by atoms with Crippen LogP contribution in [0, 0.1) is 0 Å². The van der Waals surface area contributed by atoms with E-state index < -0.39 is 6.04 Å². The van der Waals surface area contributed by atoms with Crippen LogP contribution in [0.5, 0.6) is 5.75 Å². The van der Waals surface area contributed by atoms with Crippen LogP contribution in [0.15, 0.2) is 54.6 Å². The summed E-state index contributed by atoms with van der Waals surface area (Å²) < 4.78 is 5.68. The Hall–Kier alpha value is -2.53. The molecule has 2 amide bonds. The molecule has 28 heavy (non-hydrogen) atoms. The number of benzene rings is 2. The first-order valence-electron chi connectivity index (χ1n) is 9.55. The molecule has 2 aromatic carbocycles. The monoisotopic (exact) mass is 400 g/mol. The SMILES string of the molecule is CN(CCOc1cccc(Cl)c1)C(=O)C1CCCCN1C(=O)c1ccccc1. The summed E-state index contributed by atoms with van der Waals surface area (Å²) in [7, 11) is 1.75. The van der Waals surface area contributed by atoms with Crippen molar-refractivity contribution in [3.63, 3.8) is 0 Å². The smallest absolute Gasteiger partial charge is 0.254 e. The molecule has 1 aliphatic heterocycles. The van der Waals surface area contributed by atoms with Crippen LogP contribution >= 0.6 is 11.6 Å². The van der Waals surface area contributed by atoms with Crippen molar-refractivity contribution in [2.24, 2.45) is 0 Å². The second-order valence-electron chi connectivity index (χ2n) is 6.94. The van der Waals surface area contributed by atoms with Crippen LogP contribution in [0.3, 0.4) is 0 Å². The number of rotatable bonds is 6. The Kier molecular flexibility index (Phi) is 6.93. The van der Waals surface area contributed by atoms with E-state index in [9.17, 15) is 9.59 Å². The van der Waals surface area contributed by atoms with E-state index in [-0.39, 0.29) is 11.8 Å². The van der Waals surface area contributed by atoms with Gasteiger partial charge in [0, 0.05) is 24.2 Å². The number of likely N-dealkylation sites (tertiary alicyclic amines) is 1. The number of likely N-dealkylation sites (N-methyl/N-ethyl adjacent to an activating group) is 1. The van der Waals surface area contributed by atoms with Crippen molar-refractivity contribution in [1.82, 2.24) is 9.80 Å². The van der Waals surface area contributed by atoms with E-state index in [1.165, 1.54) is 0 Å². The Bertz CT molecular complexity index is 812. The van der Waals surface area contributed by atoms with Crippen molar-refractivity contribution in [1.29, 1.82) is 0 Å². The van der Waals surface area contributed by atoms with Crippen LogP contribution in [-0.4, -0.2) is 54.4 Å². The molecule has 0 spiro atoms. The fourth-order valence-corrected chi connectivity index (χ4v) is 3.58. The van der Waals surface area contributed by atoms with E-state index in [2.05, 4.69) is 0 Å². The summed E-state index contributed by atoms with van der Waals surface area (Å²) in [5, 5.41) is 0.610. The van der Waals surface area contributed by atoms with Crippen molar-refractivity contribution < 1.29 is 14.3 Å². The highest BCUT2D eigenvalue weighted by atomic mass is 35.5. The molecule has 1 aliphatic rings. The molecule has 3 rings (SSSR count). The summed E-state index contributed by atoms with van der Waals surface area (Å²) in [4.78, 5) is 29.2. The average Bonchev–Trinajstić information content (AvgIpc) is 2.73. The minimum absolute atomic E-state index is 0.0429. The summed E-state index contributed by atoms with van der Waals surface area (Å²) in [6.07, 6.45) is 2.56. The van der Waals surface area contributed by atoms with Gasteiger partial charge in [-0.15, -0.1) is 0 Å². The molecule has 1 saturated heterocycles. The predicted molar refractivity (Wildman–Crippen MR) is 110 cm³/mol. The zero-order valence-corrected chi connectivity index (χ0v) is 16.8. The second-order valence-corrected chi connectivity index (χ2v) is 7.38. The van der Waals surface area contributed by atoms with Gasteiger partial charge in [-0.05, 0) is 49.6 Å². The zero-order valence-electron chi connectivity index (χ0n) is 16.0. The van der Waals surface area contributed by atoms with Gasteiger partial charge >= 0.3 is 0 Å². The third kappa shape index (κ3) is 5.04. The van der Waals surface area contributed by atoms with Crippen LogP contribution in [0.4, 0.5) is 0 Å². The maximum absolute atomic E-state index is 13.0. The van der Waals surface area contributed by atoms with Crippen LogP contribution < -0.4 is 4.74 Å². The van der Waals surface area contributed by atoms with Crippen molar-refractivity contribution in [2.75, 3.05) is 26.7 Å². The molecule has 0 aliphatic carbocycles. The molecule has 0 saturated carbocycles. The first-order valence-corrected chi connectivity index (χ1v) is 9.93. The molecule has 1 atom stereocenters. The lowest BCUT2D eigenvalue weighted by Gasteiger charge is -2.36. The molecular weight excluding hydrogens is 376 g/mol. The van der Waals surface area contributed by atoms with E-state index >= 15 is 0 Å². The molecular formula is C22H25ClN2O3. The summed E-state index contributed by atoms with van der Waals surface area (Å²) in [6, 6.07) is 15.9. The van der Waals surface area contributed by atoms with Gasteiger partial charge in [0.05, 0.1) is 6.54 Å². The van der Waals surface area contributed by atoms with Gasteiger partial charge in [-0.25, -0.2) is 0 Å². The van der Waals surface area contributed by atoms with Gasteiger partial charge in [0.2, 0.25) is 5.91 Å². The number of amides is 2. The highest BCUT2D eigenvalue weighted by Gasteiger charge is 2.34. The number of carbonyl (C=O) groups is 2. The van der Waals surface area contributed by atoms with Crippen molar-refractivity contribution in [3.8, 4) is 5.75 Å². The minimum atomic E-state index is -0.419. The second kappa shape index (κ2) is 9.60. The van der Waals surface area contributed by atoms with Crippen molar-refractivity contribution in [2.45, 2.75) is 25.3 Å². The molecule has 1 unspecified atom stereocenters. The van der Waals surface area contributed by atoms with Crippen LogP contribution in [-0.2, 0) is 4.79 Å². The molecule has 0 radical (unpaired) electrons. The topological polar surface area (TPSA) is 49.9 Å². The molecule has 148 valence electrons. The molecule has 2 aromatic rings. The molecule has 0 aromatic heterocycles. The lowest BCUT2D eigenvalue weighted by atomic mass is 9.99. The van der Waals surface area contributed by atoms with Gasteiger partial charge in [-0.3, -0.25) is 9.59 Å². The Morgan fingerprint density at radius 1 is 1.14 bits per heavy atom. The van der Waals surface area contributed by atoms with Crippen molar-refractivity contribution >= 4 is 23.4 Å². The number of nitrogens with zero attached hydrogens (tertiary/aromatic N) is 2. The van der Waals surface area contributed by atoms with Gasteiger partial charge in [0.1, 0.15) is 18.4 Å². The number of piperidine rings is 1. The van der Waals surface area contributed by atoms with Crippen LogP contribution in [0.25, 0.3) is 0 Å². The first kappa shape index (κ1) is 20.2. The number of carbonyl (C=O) groups excluding carboxylic acids is 2. The Morgan fingerprint density at radius 3 is 2.68 bits per heavy atom. The summed E-state index contributed by atoms with van der Waals surface area (Å²) in [6.45, 7) is 1.41. The van der Waals surface area contributed by atoms with Gasteiger partial charge < -0.3 is 14.5 Å². The maximum Gasteiger partial charge on any atom is 0.254 e. The quantitative estimate of drug-likeness (QED) is 0.739. The summed E-state index contributed by atoms with van der Waals surface area (Å²) in [5.74, 6) is 0.549. The maximum atomic E-state index is 13.0. The van der Waals surface area contributed by atoms with E-state index in [1.54, 1.807) is 41.1 Å². The average molecular weight is 401 g/mol. The number of hydrogen-bond acceptors (Lipinski definition) is 3. The normalized spacial score (nSPS) is 16.5. The van der Waals surface area contributed by atoms with Crippen LogP contribution in [0.1, 0.15) is 29.6 Å². The molecule has 5 nitrogen and oxygen atoms in total. The minimum Gasteiger partial charge on any atom is -0.492 e. The lowest BCUT2D eigenvalue weighted by molar-refractivity contribution is -0.136. The van der Waals surface area contributed by atoms with Gasteiger partial charge in [-0.1, -0.05) is 35.9 Å². The summed E-state index contributed by atoms with van der Waals surface area (Å²) in [5.41, 5.74) is 0.620. The predicted octanol–water partition coefficient (Wildman–Crippen LogP) is 3.87. The van der Waals surface area contributed by atoms with Crippen molar-refractivity contribution in [3.05, 3.63) is 65.2 Å². The Balaban J connectivity index is 1.59. The molecule has 0 bridgehead atoms. The highest BCUT2D eigenvalue weighted by molar-refractivity contribution is 6.30. The standard InChI is InChI=1S/C22H25ClN2O3/c1-24(14-15-28-19-11-7-10-18(23)16-19)22(27)20-12-5-6-13-25(20)21(26)17-8-3-2-4-9-17/h2-4,7-11,16,20H,5-6,12-15H2,1H3. The zero-order chi connectivity index (χ0) is 19.9. The van der Waals surface area contributed by atoms with E-state index in [0.29, 0.717) is 42.5 Å². The molecule has 0 N–H and O–H groups in total. The van der Waals surface area contributed by atoms with E-state index in [4.69, 9.17) is 16.3 Å². The highest BCUT2D eigenvalue weighted by Crippen LogP contribution is 2.21. The lowest BCUT2D eigenvalue weighted by Crippen LogP contribution is -2.52. The third-order valence-electron chi connectivity index (χ3n) is 4.94. The first-order chi connectivity index (χ1) is 13.6. The largest absolute Gasteiger partial charge is 0.492 e. The fourth-order valence-electron chi connectivity index (χ4n) is 3.40. The van der Waals surface area contributed by atoms with Gasteiger partial charge in [0.15, 0.2) is 0 Å². The molecule has 6 heteroatoms. The fraction of sp³-hybridized carbons (Fsp3) is 0.364. The number of ether oxygens (including phenoxy) is 1. The summed E-state index contributed by atoms with van der Waals surface area (Å²) >= 11 is 5.95. The Labute approximate surface area is 170 Å². The molecule has 1 heterocycles. The number of halogens is 1. The Morgan fingerprint density at radius 2 is 1.93 bits per heavy atom. The molecule has 1 fully saturated rings. The third-order valence-corrected chi connectivity index (χ3v) is 5.17. The van der Waals surface area contributed by atoms with E-state index in [1.807, 2.05) is 30.3 Å². The number of hydrogen-bond donors (Lipinski definition) is 0. The van der Waals surface area contributed by atoms with Crippen LogP contribution in [0.2, 0.25) is 5.02 Å². The van der Waals surface area contributed by atoms with E-state index in [0.717, 1.165) is 12.8 Å². The van der Waals surface area contributed by atoms with Gasteiger partial charge in [0.25, 0.3) is 5.91 Å².